The molecule has 0 fully saturated rings. The molecule has 43 heavy (non-hydrogen) atoms. The van der Waals surface area contributed by atoms with E-state index in [1.54, 1.807) is 24.3 Å². The Labute approximate surface area is 250 Å². The average Bonchev–Trinajstić information content (AvgIpc) is 2.94. The lowest BCUT2D eigenvalue weighted by Crippen LogP contribution is -2.38. The van der Waals surface area contributed by atoms with Crippen molar-refractivity contribution in [2.75, 3.05) is 12.0 Å². The maximum absolute atomic E-state index is 13.2. The van der Waals surface area contributed by atoms with Gasteiger partial charge in [0.25, 0.3) is 0 Å². The van der Waals surface area contributed by atoms with Gasteiger partial charge in [0.15, 0.2) is 0 Å². The van der Waals surface area contributed by atoms with Crippen LogP contribution in [-0.2, 0) is 30.1 Å². The fraction of sp³-hybridized carbons (Fsp3) is 0.276. The smallest absolute Gasteiger partial charge is 0.416 e. The zero-order valence-corrected chi connectivity index (χ0v) is 23.8. The maximum atomic E-state index is 13.2. The van der Waals surface area contributed by atoms with E-state index in [1.807, 2.05) is 0 Å². The van der Waals surface area contributed by atoms with Crippen LogP contribution in [0.2, 0.25) is 5.02 Å². The third-order valence-electron chi connectivity index (χ3n) is 5.87. The van der Waals surface area contributed by atoms with Gasteiger partial charge < -0.3 is 20.9 Å². The predicted octanol–water partition coefficient (Wildman–Crippen LogP) is 4.93. The van der Waals surface area contributed by atoms with Gasteiger partial charge in [-0.25, -0.2) is 4.99 Å². The molecule has 0 unspecified atom stereocenters. The summed E-state index contributed by atoms with van der Waals surface area (Å²) in [5.74, 6) is -3.36. The minimum absolute atomic E-state index is 0.0115. The number of ether oxygens (including phenoxy) is 1. The molecule has 0 saturated carbocycles. The van der Waals surface area contributed by atoms with E-state index in [1.165, 1.54) is 12.3 Å². The quantitative estimate of drug-likeness (QED) is 0.200. The van der Waals surface area contributed by atoms with Gasteiger partial charge in [0.2, 0.25) is 11.8 Å². The normalized spacial score (nSPS) is 12.4. The van der Waals surface area contributed by atoms with E-state index in [0.29, 0.717) is 10.6 Å². The van der Waals surface area contributed by atoms with E-state index in [-0.39, 0.29) is 42.9 Å². The number of hydrogen-bond donors (Lipinski definition) is 3. The lowest BCUT2D eigenvalue weighted by molar-refractivity contribution is -0.142. The number of nitrogens with zero attached hydrogens (tertiary/aromatic N) is 2. The van der Waals surface area contributed by atoms with Gasteiger partial charge in [-0.3, -0.25) is 24.1 Å². The number of allylic oxidation sites excluding steroid dienone is 1. The van der Waals surface area contributed by atoms with Crippen LogP contribution in [0.15, 0.2) is 72.0 Å². The standard InChI is InChI=1S/C29H30ClF3N4O6/c1-18(35-15-14-24(34)19-4-3-5-21(30)16-19)37(23-9-6-20(7-10-23)29(31,32)33)26(39)12-11-25(38)36-22(8-13-27(40)41)17-28(42)43-2/h3-7,9-10,14-16,22H,1,8,11-13,17,34H2,2H3,(H,36,38)(H,40,41)/b24-14-,35-15?/t22-/m1/s1. The van der Waals surface area contributed by atoms with Gasteiger partial charge in [-0.2, -0.15) is 13.2 Å². The van der Waals surface area contributed by atoms with Crippen molar-refractivity contribution in [1.82, 2.24) is 5.32 Å². The van der Waals surface area contributed by atoms with Gasteiger partial charge in [0, 0.05) is 42.2 Å². The highest BCUT2D eigenvalue weighted by Gasteiger charge is 2.31. The van der Waals surface area contributed by atoms with Crippen molar-refractivity contribution < 1.29 is 42.2 Å². The molecule has 0 heterocycles. The van der Waals surface area contributed by atoms with Crippen molar-refractivity contribution >= 4 is 53.0 Å². The van der Waals surface area contributed by atoms with Crippen LogP contribution >= 0.6 is 11.6 Å². The summed E-state index contributed by atoms with van der Waals surface area (Å²) in [5.41, 5.74) is 6.00. The molecule has 2 aromatic rings. The molecule has 4 N–H and O–H groups in total. The fourth-order valence-corrected chi connectivity index (χ4v) is 3.89. The molecule has 0 aliphatic heterocycles. The van der Waals surface area contributed by atoms with E-state index in [0.717, 1.165) is 36.3 Å². The van der Waals surface area contributed by atoms with Crippen LogP contribution in [0.25, 0.3) is 5.70 Å². The Morgan fingerprint density at radius 1 is 1.14 bits per heavy atom. The number of anilines is 1. The Balaban J connectivity index is 2.23. The molecule has 0 aromatic heterocycles. The number of aliphatic imine (C=N–C) groups is 1. The molecule has 1 atom stereocenters. The number of methoxy groups -OCH3 is 1. The van der Waals surface area contributed by atoms with Crippen molar-refractivity contribution in [3.8, 4) is 0 Å². The van der Waals surface area contributed by atoms with Crippen LogP contribution < -0.4 is 16.0 Å². The predicted molar refractivity (Wildman–Crippen MR) is 155 cm³/mol. The van der Waals surface area contributed by atoms with E-state index >= 15 is 0 Å². The highest BCUT2D eigenvalue weighted by Crippen LogP contribution is 2.31. The highest BCUT2D eigenvalue weighted by atomic mass is 35.5. The molecule has 0 radical (unpaired) electrons. The zero-order valence-electron chi connectivity index (χ0n) is 23.1. The van der Waals surface area contributed by atoms with Crippen LogP contribution in [0.4, 0.5) is 18.9 Å². The van der Waals surface area contributed by atoms with Crippen LogP contribution in [0, 0.1) is 0 Å². The fourth-order valence-electron chi connectivity index (χ4n) is 3.70. The molecule has 2 aromatic carbocycles. The van der Waals surface area contributed by atoms with Gasteiger partial charge in [-0.1, -0.05) is 30.3 Å². The lowest BCUT2D eigenvalue weighted by atomic mass is 10.1. The Morgan fingerprint density at radius 2 is 1.81 bits per heavy atom. The number of carboxylic acid groups (broad SMARTS) is 1. The van der Waals surface area contributed by atoms with Crippen LogP contribution in [0.5, 0.6) is 0 Å². The van der Waals surface area contributed by atoms with E-state index in [2.05, 4.69) is 21.6 Å². The number of carbonyl (C=O) groups excluding carboxylic acids is 3. The van der Waals surface area contributed by atoms with E-state index in [4.69, 9.17) is 22.4 Å². The van der Waals surface area contributed by atoms with Gasteiger partial charge in [0.05, 0.1) is 24.8 Å². The van der Waals surface area contributed by atoms with E-state index in [9.17, 15) is 32.3 Å². The van der Waals surface area contributed by atoms with E-state index < -0.39 is 48.0 Å². The monoisotopic (exact) mass is 622 g/mol. The Morgan fingerprint density at radius 3 is 2.40 bits per heavy atom. The highest BCUT2D eigenvalue weighted by molar-refractivity contribution is 6.30. The first-order valence-electron chi connectivity index (χ1n) is 12.7. The second-order valence-electron chi connectivity index (χ2n) is 9.08. The second-order valence-corrected chi connectivity index (χ2v) is 9.51. The second kappa shape index (κ2) is 16.1. The Kier molecular flexibility index (Phi) is 12.9. The first-order chi connectivity index (χ1) is 20.2. The van der Waals surface area contributed by atoms with Crippen molar-refractivity contribution in [3.05, 3.63) is 83.2 Å². The molecule has 0 bridgehead atoms. The minimum atomic E-state index is -4.61. The SMILES string of the molecule is C=C(N=C/C=C(\N)c1cccc(Cl)c1)N(C(=O)CCC(=O)N[C@H](CCC(=O)O)CC(=O)OC)c1ccc(C(F)(F)F)cc1. The molecule has 0 aliphatic carbocycles. The largest absolute Gasteiger partial charge is 0.481 e. The summed E-state index contributed by atoms with van der Waals surface area (Å²) < 4.78 is 43.9. The summed E-state index contributed by atoms with van der Waals surface area (Å²) in [6, 6.07) is 9.54. The lowest BCUT2D eigenvalue weighted by Gasteiger charge is -2.23. The average molecular weight is 623 g/mol. The van der Waals surface area contributed by atoms with Crippen molar-refractivity contribution in [2.45, 2.75) is 44.3 Å². The summed E-state index contributed by atoms with van der Waals surface area (Å²) >= 11 is 5.98. The van der Waals surface area contributed by atoms with Crippen molar-refractivity contribution in [1.29, 1.82) is 0 Å². The molecule has 0 spiro atoms. The number of aliphatic carboxylic acids is 1. The molecule has 14 heteroatoms. The summed E-state index contributed by atoms with van der Waals surface area (Å²) in [7, 11) is 1.14. The third-order valence-corrected chi connectivity index (χ3v) is 6.11. The molecule has 10 nitrogen and oxygen atoms in total. The number of carbonyl (C=O) groups is 4. The third kappa shape index (κ3) is 11.6. The summed E-state index contributed by atoms with van der Waals surface area (Å²) in [4.78, 5) is 53.4. The maximum Gasteiger partial charge on any atom is 0.416 e. The van der Waals surface area contributed by atoms with Gasteiger partial charge in [-0.15, -0.1) is 0 Å². The van der Waals surface area contributed by atoms with Crippen molar-refractivity contribution in [2.24, 2.45) is 10.7 Å². The van der Waals surface area contributed by atoms with Gasteiger partial charge in [-0.05, 0) is 54.5 Å². The van der Waals surface area contributed by atoms with Gasteiger partial charge >= 0.3 is 18.1 Å². The molecule has 2 rings (SSSR count). The minimum Gasteiger partial charge on any atom is -0.481 e. The first-order valence-corrected chi connectivity index (χ1v) is 13.1. The number of alkyl halides is 3. The van der Waals surface area contributed by atoms with Crippen molar-refractivity contribution in [3.63, 3.8) is 0 Å². The number of esters is 1. The topological polar surface area (TPSA) is 151 Å². The summed E-state index contributed by atoms with van der Waals surface area (Å²) in [5, 5.41) is 11.9. The first kappa shape index (κ1) is 34.6. The molecule has 230 valence electrons. The number of rotatable bonds is 14. The number of halogens is 4. The number of carboxylic acids is 1. The van der Waals surface area contributed by atoms with Crippen LogP contribution in [0.3, 0.4) is 0 Å². The molecule has 0 saturated heterocycles. The number of amides is 2. The summed E-state index contributed by atoms with van der Waals surface area (Å²) in [6.45, 7) is 3.75. The number of hydrogen-bond acceptors (Lipinski definition) is 7. The summed E-state index contributed by atoms with van der Waals surface area (Å²) in [6.07, 6.45) is -3.42. The Hall–Kier alpha value is -4.65. The van der Waals surface area contributed by atoms with Crippen LogP contribution in [-0.4, -0.2) is 48.2 Å². The molecular formula is C29H30ClF3N4O6. The number of nitrogens with two attached hydrogens (primary N) is 1. The Bertz CT molecular complexity index is 1390. The molecular weight excluding hydrogens is 593 g/mol. The molecule has 2 amide bonds. The zero-order chi connectivity index (χ0) is 32.2. The van der Waals surface area contributed by atoms with Gasteiger partial charge in [0.1, 0.15) is 5.82 Å². The number of benzene rings is 2. The molecule has 0 aliphatic rings. The number of nitrogens with one attached hydrogen (secondary N) is 1. The van der Waals surface area contributed by atoms with Crippen LogP contribution in [0.1, 0.15) is 43.2 Å².